The van der Waals surface area contributed by atoms with Gasteiger partial charge in [-0.15, -0.1) is 0 Å². The Kier molecular flexibility index (Phi) is 2.53. The highest BCUT2D eigenvalue weighted by atomic mass is 16.5. The molecule has 2 heterocycles. The van der Waals surface area contributed by atoms with Crippen LogP contribution in [0.3, 0.4) is 0 Å². The standard InChI is InChI=1S/C10H9N3O2/c1-7(14)6-9-12-10(15-13-9)8-4-2-3-5-11-8/h2-5H,6H2,1H3. The van der Waals surface area contributed by atoms with Crippen molar-refractivity contribution >= 4 is 5.78 Å². The van der Waals surface area contributed by atoms with Gasteiger partial charge in [-0.25, -0.2) is 0 Å². The molecular weight excluding hydrogens is 194 g/mol. The van der Waals surface area contributed by atoms with Crippen LogP contribution in [0.5, 0.6) is 0 Å². The maximum Gasteiger partial charge on any atom is 0.276 e. The molecule has 15 heavy (non-hydrogen) atoms. The maximum absolute atomic E-state index is 10.8. The number of carbonyl (C=O) groups excluding carboxylic acids is 1. The van der Waals surface area contributed by atoms with E-state index in [9.17, 15) is 4.79 Å². The molecule has 2 rings (SSSR count). The van der Waals surface area contributed by atoms with Crippen LogP contribution in [0, 0.1) is 0 Å². The number of ketones is 1. The average Bonchev–Trinajstić information content (AvgIpc) is 2.67. The quantitative estimate of drug-likeness (QED) is 0.751. The lowest BCUT2D eigenvalue weighted by Gasteiger charge is -1.89. The van der Waals surface area contributed by atoms with Crippen LogP contribution in [-0.4, -0.2) is 20.9 Å². The summed E-state index contributed by atoms with van der Waals surface area (Å²) in [5, 5.41) is 3.69. The van der Waals surface area contributed by atoms with Crippen LogP contribution in [0.1, 0.15) is 12.7 Å². The van der Waals surface area contributed by atoms with E-state index < -0.39 is 0 Å². The van der Waals surface area contributed by atoms with Crippen molar-refractivity contribution in [2.45, 2.75) is 13.3 Å². The summed E-state index contributed by atoms with van der Waals surface area (Å²) in [4.78, 5) is 18.9. The molecule has 0 saturated carbocycles. The molecule has 5 nitrogen and oxygen atoms in total. The number of hydrogen-bond acceptors (Lipinski definition) is 5. The first-order chi connectivity index (χ1) is 7.25. The molecule has 0 fully saturated rings. The van der Waals surface area contributed by atoms with Gasteiger partial charge in [-0.05, 0) is 19.1 Å². The Morgan fingerprint density at radius 3 is 3.00 bits per heavy atom. The zero-order valence-corrected chi connectivity index (χ0v) is 8.17. The van der Waals surface area contributed by atoms with Crippen LogP contribution in [0.2, 0.25) is 0 Å². The molecule has 2 aromatic heterocycles. The van der Waals surface area contributed by atoms with Gasteiger partial charge >= 0.3 is 0 Å². The summed E-state index contributed by atoms with van der Waals surface area (Å²) in [5.41, 5.74) is 0.611. The van der Waals surface area contributed by atoms with Crippen LogP contribution in [-0.2, 0) is 11.2 Å². The summed E-state index contributed by atoms with van der Waals surface area (Å²) in [7, 11) is 0. The average molecular weight is 203 g/mol. The van der Waals surface area contributed by atoms with E-state index in [0.29, 0.717) is 17.4 Å². The minimum absolute atomic E-state index is 0.00312. The monoisotopic (exact) mass is 203 g/mol. The van der Waals surface area contributed by atoms with Gasteiger partial charge in [0.1, 0.15) is 11.5 Å². The molecule has 0 atom stereocenters. The second-order valence-corrected chi connectivity index (χ2v) is 3.11. The van der Waals surface area contributed by atoms with E-state index in [-0.39, 0.29) is 12.2 Å². The van der Waals surface area contributed by atoms with Gasteiger partial charge < -0.3 is 4.52 Å². The molecule has 0 unspecified atom stereocenters. The summed E-state index contributed by atoms with van der Waals surface area (Å²) in [6, 6.07) is 5.40. The summed E-state index contributed by atoms with van der Waals surface area (Å²) >= 11 is 0. The fraction of sp³-hybridized carbons (Fsp3) is 0.200. The number of carbonyl (C=O) groups is 1. The zero-order valence-electron chi connectivity index (χ0n) is 8.17. The first-order valence-corrected chi connectivity index (χ1v) is 4.49. The molecule has 0 saturated heterocycles. The number of hydrogen-bond donors (Lipinski definition) is 0. The molecule has 0 spiro atoms. The van der Waals surface area contributed by atoms with Crippen molar-refractivity contribution in [1.82, 2.24) is 15.1 Å². The second kappa shape index (κ2) is 4.00. The molecular formula is C10H9N3O2. The van der Waals surface area contributed by atoms with Gasteiger partial charge in [0.2, 0.25) is 0 Å². The lowest BCUT2D eigenvalue weighted by atomic mass is 10.3. The van der Waals surface area contributed by atoms with E-state index in [1.165, 1.54) is 6.92 Å². The Bertz CT molecular complexity index is 465. The first kappa shape index (κ1) is 9.51. The first-order valence-electron chi connectivity index (χ1n) is 4.49. The van der Waals surface area contributed by atoms with Crippen molar-refractivity contribution in [1.29, 1.82) is 0 Å². The van der Waals surface area contributed by atoms with Crippen molar-refractivity contribution < 1.29 is 9.32 Å². The number of nitrogens with zero attached hydrogens (tertiary/aromatic N) is 3. The maximum atomic E-state index is 10.8. The van der Waals surface area contributed by atoms with Gasteiger partial charge in [-0.2, -0.15) is 4.98 Å². The van der Waals surface area contributed by atoms with E-state index in [0.717, 1.165) is 0 Å². The molecule has 0 radical (unpaired) electrons. The summed E-state index contributed by atoms with van der Waals surface area (Å²) in [6.45, 7) is 1.48. The van der Waals surface area contributed by atoms with Gasteiger partial charge in [0, 0.05) is 6.20 Å². The highest BCUT2D eigenvalue weighted by molar-refractivity contribution is 5.77. The predicted molar refractivity (Wildman–Crippen MR) is 51.9 cm³/mol. The van der Waals surface area contributed by atoms with Crippen LogP contribution >= 0.6 is 0 Å². The molecule has 0 aliphatic heterocycles. The van der Waals surface area contributed by atoms with Gasteiger partial charge in [0.05, 0.1) is 6.42 Å². The third-order valence-electron chi connectivity index (χ3n) is 1.76. The Hall–Kier alpha value is -2.04. The lowest BCUT2D eigenvalue weighted by molar-refractivity contribution is -0.116. The second-order valence-electron chi connectivity index (χ2n) is 3.11. The fourth-order valence-corrected chi connectivity index (χ4v) is 1.14. The molecule has 0 aliphatic carbocycles. The van der Waals surface area contributed by atoms with Crippen LogP contribution in [0.4, 0.5) is 0 Å². The molecule has 0 aromatic carbocycles. The highest BCUT2D eigenvalue weighted by Crippen LogP contribution is 2.13. The predicted octanol–water partition coefficient (Wildman–Crippen LogP) is 1.26. The van der Waals surface area contributed by atoms with Crippen LogP contribution < -0.4 is 0 Å². The highest BCUT2D eigenvalue weighted by Gasteiger charge is 2.10. The van der Waals surface area contributed by atoms with Crippen molar-refractivity contribution in [3.05, 3.63) is 30.2 Å². The zero-order chi connectivity index (χ0) is 10.7. The van der Waals surface area contributed by atoms with Crippen molar-refractivity contribution in [3.63, 3.8) is 0 Å². The molecule has 0 N–H and O–H groups in total. The lowest BCUT2D eigenvalue weighted by Crippen LogP contribution is -1.97. The van der Waals surface area contributed by atoms with Gasteiger partial charge in [-0.3, -0.25) is 9.78 Å². The minimum Gasteiger partial charge on any atom is -0.332 e. The summed E-state index contributed by atoms with van der Waals surface area (Å²) in [6.07, 6.45) is 1.83. The van der Waals surface area contributed by atoms with E-state index in [1.54, 1.807) is 18.3 Å². The van der Waals surface area contributed by atoms with E-state index in [1.807, 2.05) is 6.07 Å². The number of Topliss-reactive ketones (excluding diaryl/α,β-unsaturated/α-hetero) is 1. The van der Waals surface area contributed by atoms with Gasteiger partial charge in [0.25, 0.3) is 5.89 Å². The SMILES string of the molecule is CC(=O)Cc1noc(-c2ccccn2)n1. The van der Waals surface area contributed by atoms with Crippen molar-refractivity contribution in [2.75, 3.05) is 0 Å². The Morgan fingerprint density at radius 2 is 2.33 bits per heavy atom. The number of rotatable bonds is 3. The van der Waals surface area contributed by atoms with Crippen LogP contribution in [0.15, 0.2) is 28.9 Å². The largest absolute Gasteiger partial charge is 0.332 e. The van der Waals surface area contributed by atoms with Crippen molar-refractivity contribution in [2.24, 2.45) is 0 Å². The number of pyridine rings is 1. The molecule has 0 amide bonds. The molecule has 0 bridgehead atoms. The van der Waals surface area contributed by atoms with E-state index in [4.69, 9.17) is 4.52 Å². The number of aromatic nitrogens is 3. The van der Waals surface area contributed by atoms with Crippen LogP contribution in [0.25, 0.3) is 11.6 Å². The normalized spacial score (nSPS) is 10.2. The van der Waals surface area contributed by atoms with E-state index in [2.05, 4.69) is 15.1 Å². The third-order valence-corrected chi connectivity index (χ3v) is 1.76. The van der Waals surface area contributed by atoms with Crippen molar-refractivity contribution in [3.8, 4) is 11.6 Å². The molecule has 2 aromatic rings. The van der Waals surface area contributed by atoms with Gasteiger partial charge in [0.15, 0.2) is 5.82 Å². The molecule has 76 valence electrons. The molecule has 5 heteroatoms. The topological polar surface area (TPSA) is 68.9 Å². The Labute approximate surface area is 86.1 Å². The summed E-state index contributed by atoms with van der Waals surface area (Å²) < 4.78 is 4.98. The fourth-order valence-electron chi connectivity index (χ4n) is 1.14. The van der Waals surface area contributed by atoms with Gasteiger partial charge in [-0.1, -0.05) is 11.2 Å². The molecule has 0 aliphatic rings. The van der Waals surface area contributed by atoms with E-state index >= 15 is 0 Å². The third kappa shape index (κ3) is 2.25. The Morgan fingerprint density at radius 1 is 1.47 bits per heavy atom. The summed E-state index contributed by atoms with van der Waals surface area (Å²) in [5.74, 6) is 0.735. The minimum atomic E-state index is 0.00312. The smallest absolute Gasteiger partial charge is 0.276 e. The Balaban J connectivity index is 2.24.